The predicted octanol–water partition coefficient (Wildman–Crippen LogP) is 1.14. The van der Waals surface area contributed by atoms with Gasteiger partial charge in [0.2, 0.25) is 11.8 Å². The first kappa shape index (κ1) is 12.6. The zero-order valence-electron chi connectivity index (χ0n) is 10.7. The van der Waals surface area contributed by atoms with E-state index in [1.54, 1.807) is 0 Å². The van der Waals surface area contributed by atoms with Gasteiger partial charge >= 0.3 is 0 Å². The van der Waals surface area contributed by atoms with Crippen LogP contribution in [0.4, 0.5) is 0 Å². The molecule has 1 heterocycles. The van der Waals surface area contributed by atoms with Gasteiger partial charge in [-0.15, -0.1) is 0 Å². The Kier molecular flexibility index (Phi) is 3.52. The van der Waals surface area contributed by atoms with E-state index in [1.807, 2.05) is 13.8 Å². The normalized spacial score (nSPS) is 32.5. The van der Waals surface area contributed by atoms with E-state index in [1.165, 1.54) is 17.7 Å². The van der Waals surface area contributed by atoms with Crippen molar-refractivity contribution in [1.29, 1.82) is 0 Å². The second-order valence-corrected chi connectivity index (χ2v) is 5.47. The lowest BCUT2D eigenvalue weighted by atomic mass is 9.96. The molecule has 0 radical (unpaired) electrons. The van der Waals surface area contributed by atoms with E-state index in [0.29, 0.717) is 12.5 Å². The fraction of sp³-hybridized carbons (Fsp3) is 0.846. The minimum atomic E-state index is -0.182. The molecule has 4 nitrogen and oxygen atoms in total. The minimum Gasteiger partial charge on any atom is -0.328 e. The molecule has 1 saturated carbocycles. The number of hydrogen-bond donors (Lipinski definition) is 1. The smallest absolute Gasteiger partial charge is 0.233 e. The number of carbonyl (C=O) groups is 2. The number of nitrogens with zero attached hydrogens (tertiary/aromatic N) is 1. The maximum Gasteiger partial charge on any atom is 0.233 e. The highest BCUT2D eigenvalue weighted by molar-refractivity contribution is 6.05. The fourth-order valence-corrected chi connectivity index (χ4v) is 3.15. The van der Waals surface area contributed by atoms with Gasteiger partial charge in [-0.3, -0.25) is 14.5 Å². The maximum absolute atomic E-state index is 12.1. The van der Waals surface area contributed by atoms with Crippen molar-refractivity contribution in [2.45, 2.75) is 45.6 Å². The average Bonchev–Trinajstić information content (AvgIpc) is 2.90. The number of rotatable bonds is 3. The van der Waals surface area contributed by atoms with Gasteiger partial charge in [0.25, 0.3) is 0 Å². The van der Waals surface area contributed by atoms with Crippen molar-refractivity contribution in [3.05, 3.63) is 0 Å². The van der Waals surface area contributed by atoms with Gasteiger partial charge in [-0.05, 0) is 18.8 Å². The number of nitrogens with two attached hydrogens (primary N) is 1. The zero-order chi connectivity index (χ0) is 12.6. The van der Waals surface area contributed by atoms with Gasteiger partial charge in [0.1, 0.15) is 0 Å². The van der Waals surface area contributed by atoms with E-state index < -0.39 is 0 Å². The predicted molar refractivity (Wildman–Crippen MR) is 65.0 cm³/mol. The summed E-state index contributed by atoms with van der Waals surface area (Å²) in [6.45, 7) is 4.09. The van der Waals surface area contributed by atoms with Gasteiger partial charge in [-0.1, -0.05) is 26.7 Å². The Morgan fingerprint density at radius 2 is 1.65 bits per heavy atom. The van der Waals surface area contributed by atoms with Gasteiger partial charge in [-0.25, -0.2) is 0 Å². The molecular weight excluding hydrogens is 216 g/mol. The Hall–Kier alpha value is -0.900. The molecule has 0 aromatic rings. The number of likely N-dealkylation sites (tertiary alicyclic amines) is 1. The molecule has 1 saturated heterocycles. The Balaban J connectivity index is 2.19. The van der Waals surface area contributed by atoms with E-state index >= 15 is 0 Å². The third-order valence-corrected chi connectivity index (χ3v) is 4.52. The minimum absolute atomic E-state index is 0.0233. The van der Waals surface area contributed by atoms with Crippen LogP contribution in [0.1, 0.15) is 39.5 Å². The van der Waals surface area contributed by atoms with Crippen molar-refractivity contribution >= 4 is 11.8 Å². The van der Waals surface area contributed by atoms with Crippen LogP contribution in [0.25, 0.3) is 0 Å². The molecule has 3 unspecified atom stereocenters. The number of hydrogen-bond acceptors (Lipinski definition) is 3. The number of carbonyl (C=O) groups excluding carboxylic acids is 2. The topological polar surface area (TPSA) is 63.4 Å². The van der Waals surface area contributed by atoms with E-state index in [4.69, 9.17) is 5.73 Å². The lowest BCUT2D eigenvalue weighted by Gasteiger charge is -2.30. The van der Waals surface area contributed by atoms with Crippen molar-refractivity contribution in [2.75, 3.05) is 6.54 Å². The van der Waals surface area contributed by atoms with Crippen LogP contribution in [-0.4, -0.2) is 29.3 Å². The molecule has 3 atom stereocenters. The summed E-state index contributed by atoms with van der Waals surface area (Å²) in [7, 11) is 0. The van der Waals surface area contributed by atoms with Gasteiger partial charge in [0, 0.05) is 18.4 Å². The fourth-order valence-electron chi connectivity index (χ4n) is 3.15. The third-order valence-electron chi connectivity index (χ3n) is 4.52. The van der Waals surface area contributed by atoms with E-state index in [9.17, 15) is 9.59 Å². The molecule has 2 aliphatic rings. The quantitative estimate of drug-likeness (QED) is 0.750. The molecule has 4 heteroatoms. The third kappa shape index (κ3) is 1.99. The Morgan fingerprint density at radius 1 is 1.18 bits per heavy atom. The summed E-state index contributed by atoms with van der Waals surface area (Å²) in [6, 6.07) is -0.0649. The largest absolute Gasteiger partial charge is 0.328 e. The van der Waals surface area contributed by atoms with Crippen molar-refractivity contribution in [2.24, 2.45) is 23.5 Å². The highest BCUT2D eigenvalue weighted by Gasteiger charge is 2.47. The van der Waals surface area contributed by atoms with Crippen molar-refractivity contribution in [3.63, 3.8) is 0 Å². The second kappa shape index (κ2) is 4.77. The van der Waals surface area contributed by atoms with E-state index in [-0.39, 0.29) is 29.7 Å². The molecule has 1 aliphatic heterocycles. The van der Waals surface area contributed by atoms with Crippen LogP contribution in [0.2, 0.25) is 0 Å². The summed E-state index contributed by atoms with van der Waals surface area (Å²) in [6.07, 6.45) is 4.59. The molecule has 1 aliphatic carbocycles. The van der Waals surface area contributed by atoms with Gasteiger partial charge in [0.15, 0.2) is 0 Å². The molecule has 0 aromatic carbocycles. The van der Waals surface area contributed by atoms with Crippen molar-refractivity contribution in [1.82, 2.24) is 4.90 Å². The van der Waals surface area contributed by atoms with Gasteiger partial charge < -0.3 is 5.73 Å². The molecule has 0 bridgehead atoms. The van der Waals surface area contributed by atoms with Gasteiger partial charge in [-0.2, -0.15) is 0 Å². The van der Waals surface area contributed by atoms with Crippen LogP contribution in [0.15, 0.2) is 0 Å². The monoisotopic (exact) mass is 238 g/mol. The van der Waals surface area contributed by atoms with Crippen molar-refractivity contribution < 1.29 is 9.59 Å². The first-order valence-corrected chi connectivity index (χ1v) is 6.65. The van der Waals surface area contributed by atoms with Crippen LogP contribution in [0, 0.1) is 17.8 Å². The van der Waals surface area contributed by atoms with Crippen LogP contribution in [0.5, 0.6) is 0 Å². The molecule has 96 valence electrons. The first-order valence-electron chi connectivity index (χ1n) is 6.65. The molecule has 2 N–H and O–H groups in total. The molecular formula is C13H22N2O2. The standard InChI is InChI=1S/C13H22N2O2/c1-8-9(2)13(17)15(12(8)16)11(7-14)10-5-3-4-6-10/h8-11H,3-7,14H2,1-2H3. The van der Waals surface area contributed by atoms with Crippen molar-refractivity contribution in [3.8, 4) is 0 Å². The van der Waals surface area contributed by atoms with Crippen LogP contribution >= 0.6 is 0 Å². The first-order chi connectivity index (χ1) is 8.07. The lowest BCUT2D eigenvalue weighted by Crippen LogP contribution is -2.48. The highest BCUT2D eigenvalue weighted by Crippen LogP contribution is 2.35. The summed E-state index contributed by atoms with van der Waals surface area (Å²) < 4.78 is 0. The van der Waals surface area contributed by atoms with Gasteiger partial charge in [0.05, 0.1) is 6.04 Å². The zero-order valence-corrected chi connectivity index (χ0v) is 10.7. The number of amides is 2. The summed E-state index contributed by atoms with van der Waals surface area (Å²) in [5, 5.41) is 0. The van der Waals surface area contributed by atoms with Crippen LogP contribution in [-0.2, 0) is 9.59 Å². The number of imide groups is 1. The average molecular weight is 238 g/mol. The molecule has 0 spiro atoms. The van der Waals surface area contributed by atoms with Crippen LogP contribution in [0.3, 0.4) is 0 Å². The van der Waals surface area contributed by atoms with E-state index in [0.717, 1.165) is 12.8 Å². The molecule has 2 fully saturated rings. The SMILES string of the molecule is CC1C(=O)N(C(CN)C2CCCC2)C(=O)C1C. The Morgan fingerprint density at radius 3 is 2.06 bits per heavy atom. The lowest BCUT2D eigenvalue weighted by molar-refractivity contribution is -0.143. The second-order valence-electron chi connectivity index (χ2n) is 5.47. The molecule has 2 amide bonds. The summed E-state index contributed by atoms with van der Waals surface area (Å²) >= 11 is 0. The molecule has 0 aromatic heterocycles. The maximum atomic E-state index is 12.1. The molecule has 2 rings (SSSR count). The van der Waals surface area contributed by atoms with E-state index in [2.05, 4.69) is 0 Å². The summed E-state index contributed by atoms with van der Waals surface area (Å²) in [5.41, 5.74) is 5.80. The molecule has 17 heavy (non-hydrogen) atoms. The summed E-state index contributed by atoms with van der Waals surface area (Å²) in [4.78, 5) is 25.7. The van der Waals surface area contributed by atoms with Crippen LogP contribution < -0.4 is 5.73 Å². The summed E-state index contributed by atoms with van der Waals surface area (Å²) in [5.74, 6) is 0.0102. The Bertz CT molecular complexity index is 303. The Labute approximate surface area is 103 Å². The highest BCUT2D eigenvalue weighted by atomic mass is 16.2.